The van der Waals surface area contributed by atoms with Crippen LogP contribution in [0.15, 0.2) is 18.2 Å². The van der Waals surface area contributed by atoms with Gasteiger partial charge in [-0.05, 0) is 47.9 Å². The van der Waals surface area contributed by atoms with Crippen LogP contribution in [0.1, 0.15) is 60.8 Å². The Balaban J connectivity index is 0.00000108. The Morgan fingerprint density at radius 3 is 2.71 bits per heavy atom. The molecule has 2 aliphatic carbocycles. The molecule has 2 aliphatic rings. The van der Waals surface area contributed by atoms with E-state index in [1.807, 2.05) is 0 Å². The van der Waals surface area contributed by atoms with E-state index in [1.165, 1.54) is 44.1 Å². The van der Waals surface area contributed by atoms with Crippen LogP contribution in [0.2, 0.25) is 0 Å². The van der Waals surface area contributed by atoms with Crippen LogP contribution in [0, 0.1) is 0 Å². The molecule has 1 unspecified atom stereocenters. The van der Waals surface area contributed by atoms with Crippen LogP contribution < -0.4 is 0 Å². The zero-order chi connectivity index (χ0) is 11.0. The fourth-order valence-electron chi connectivity index (χ4n) is 3.13. The predicted molar refractivity (Wildman–Crippen MR) is 69.8 cm³/mol. The standard InChI is InChI=1S/C16H20.Hf/c1-2-3-5-12-8-9-15-10-13-6-4-7-14(13)11-16(12)15;/h8-12H,2-7H2,1H3;. The molecule has 0 amide bonds. The van der Waals surface area contributed by atoms with Gasteiger partial charge in [-0.2, -0.15) is 0 Å². The van der Waals surface area contributed by atoms with Crippen LogP contribution in [0.4, 0.5) is 0 Å². The van der Waals surface area contributed by atoms with Crippen molar-refractivity contribution < 1.29 is 25.8 Å². The van der Waals surface area contributed by atoms with Crippen LogP contribution in [0.3, 0.4) is 0 Å². The molecule has 0 aromatic heterocycles. The van der Waals surface area contributed by atoms with E-state index in [-0.39, 0.29) is 25.8 Å². The fourth-order valence-corrected chi connectivity index (χ4v) is 3.13. The number of benzene rings is 1. The van der Waals surface area contributed by atoms with Crippen molar-refractivity contribution in [3.8, 4) is 0 Å². The van der Waals surface area contributed by atoms with Crippen molar-refractivity contribution in [2.45, 2.75) is 51.4 Å². The number of hydrogen-bond acceptors (Lipinski definition) is 0. The summed E-state index contributed by atoms with van der Waals surface area (Å²) in [7, 11) is 0. The van der Waals surface area contributed by atoms with Crippen LogP contribution in [0.25, 0.3) is 6.08 Å². The Labute approximate surface area is 123 Å². The first kappa shape index (κ1) is 13.3. The predicted octanol–water partition coefficient (Wildman–Crippen LogP) is 4.47. The minimum Gasteiger partial charge on any atom is -0.0764 e. The molecule has 88 valence electrons. The molecule has 1 aromatic rings. The Hall–Kier alpha value is -0.170. The summed E-state index contributed by atoms with van der Waals surface area (Å²) >= 11 is 0. The molecule has 0 spiro atoms. The van der Waals surface area contributed by atoms with Gasteiger partial charge in [0.15, 0.2) is 0 Å². The first-order valence-electron chi connectivity index (χ1n) is 6.72. The number of rotatable bonds is 3. The van der Waals surface area contributed by atoms with Gasteiger partial charge < -0.3 is 0 Å². The van der Waals surface area contributed by atoms with Gasteiger partial charge in [-0.3, -0.25) is 0 Å². The molecule has 3 rings (SSSR count). The van der Waals surface area contributed by atoms with Crippen molar-refractivity contribution in [3.63, 3.8) is 0 Å². The second-order valence-corrected chi connectivity index (χ2v) is 5.21. The molecule has 0 nitrogen and oxygen atoms in total. The third kappa shape index (κ3) is 2.50. The van der Waals surface area contributed by atoms with Crippen molar-refractivity contribution in [2.24, 2.45) is 0 Å². The summed E-state index contributed by atoms with van der Waals surface area (Å²) in [4.78, 5) is 0. The summed E-state index contributed by atoms with van der Waals surface area (Å²) in [6.07, 6.45) is 12.7. The zero-order valence-electron chi connectivity index (χ0n) is 10.6. The monoisotopic (exact) mass is 392 g/mol. The summed E-state index contributed by atoms with van der Waals surface area (Å²) in [6, 6.07) is 4.94. The first-order valence-corrected chi connectivity index (χ1v) is 6.72. The maximum atomic E-state index is 2.50. The van der Waals surface area contributed by atoms with E-state index in [0.717, 1.165) is 0 Å². The average molecular weight is 391 g/mol. The molecule has 0 saturated carbocycles. The molecule has 0 aliphatic heterocycles. The molecule has 17 heavy (non-hydrogen) atoms. The van der Waals surface area contributed by atoms with Gasteiger partial charge in [0.05, 0.1) is 0 Å². The van der Waals surface area contributed by atoms with Gasteiger partial charge in [-0.15, -0.1) is 0 Å². The fraction of sp³-hybridized carbons (Fsp3) is 0.500. The molecule has 1 atom stereocenters. The van der Waals surface area contributed by atoms with Crippen LogP contribution in [0.5, 0.6) is 0 Å². The minimum absolute atomic E-state index is 0. The third-order valence-corrected chi connectivity index (χ3v) is 4.07. The molecule has 0 heterocycles. The Kier molecular flexibility index (Phi) is 4.41. The van der Waals surface area contributed by atoms with Gasteiger partial charge in [0.2, 0.25) is 0 Å². The van der Waals surface area contributed by atoms with Crippen molar-refractivity contribution in [3.05, 3.63) is 40.5 Å². The van der Waals surface area contributed by atoms with Crippen molar-refractivity contribution in [1.29, 1.82) is 0 Å². The summed E-state index contributed by atoms with van der Waals surface area (Å²) < 4.78 is 0. The smallest absolute Gasteiger partial charge is 0.00273 e. The van der Waals surface area contributed by atoms with Crippen molar-refractivity contribution >= 4 is 6.08 Å². The molecular formula is C16H20Hf. The second-order valence-electron chi connectivity index (χ2n) is 5.21. The third-order valence-electron chi connectivity index (χ3n) is 4.07. The summed E-state index contributed by atoms with van der Waals surface area (Å²) in [5, 5.41) is 0. The topological polar surface area (TPSA) is 0 Å². The van der Waals surface area contributed by atoms with E-state index in [9.17, 15) is 0 Å². The minimum atomic E-state index is 0. The number of allylic oxidation sites excluding steroid dienone is 1. The summed E-state index contributed by atoms with van der Waals surface area (Å²) in [6.45, 7) is 2.28. The van der Waals surface area contributed by atoms with E-state index in [2.05, 4.69) is 31.2 Å². The normalized spacial score (nSPS) is 19.9. The van der Waals surface area contributed by atoms with Gasteiger partial charge in [0, 0.05) is 31.8 Å². The van der Waals surface area contributed by atoms with E-state index in [0.29, 0.717) is 5.92 Å². The van der Waals surface area contributed by atoms with Crippen LogP contribution in [-0.4, -0.2) is 0 Å². The van der Waals surface area contributed by atoms with Crippen molar-refractivity contribution in [2.75, 3.05) is 0 Å². The molecule has 0 fully saturated rings. The van der Waals surface area contributed by atoms with Gasteiger partial charge in [-0.25, -0.2) is 0 Å². The molecule has 0 N–H and O–H groups in total. The molecule has 0 radical (unpaired) electrons. The van der Waals surface area contributed by atoms with Gasteiger partial charge in [-0.1, -0.05) is 44.1 Å². The number of unbranched alkanes of at least 4 members (excludes halogenated alkanes) is 1. The second kappa shape index (κ2) is 5.65. The molecule has 1 aromatic carbocycles. The van der Waals surface area contributed by atoms with Crippen molar-refractivity contribution in [1.82, 2.24) is 0 Å². The van der Waals surface area contributed by atoms with Gasteiger partial charge in [0.1, 0.15) is 0 Å². The maximum Gasteiger partial charge on any atom is 0.00273 e. The molecular weight excluding hydrogens is 371 g/mol. The molecule has 0 saturated heterocycles. The van der Waals surface area contributed by atoms with Gasteiger partial charge >= 0.3 is 0 Å². The van der Waals surface area contributed by atoms with E-state index < -0.39 is 0 Å². The van der Waals surface area contributed by atoms with Gasteiger partial charge in [0.25, 0.3) is 0 Å². The Bertz CT molecular complexity index is 431. The van der Waals surface area contributed by atoms with E-state index in [1.54, 1.807) is 16.7 Å². The average Bonchev–Trinajstić information content (AvgIpc) is 2.89. The Morgan fingerprint density at radius 2 is 1.94 bits per heavy atom. The molecule has 0 bridgehead atoms. The molecule has 1 heteroatoms. The van der Waals surface area contributed by atoms with Crippen LogP contribution in [-0.2, 0) is 38.7 Å². The largest absolute Gasteiger partial charge is 0.0764 e. The van der Waals surface area contributed by atoms with E-state index in [4.69, 9.17) is 0 Å². The number of aryl methyl sites for hydroxylation is 2. The zero-order valence-corrected chi connectivity index (χ0v) is 14.2. The quantitative estimate of drug-likeness (QED) is 0.668. The number of fused-ring (bicyclic) bond motifs is 2. The summed E-state index contributed by atoms with van der Waals surface area (Å²) in [5.41, 5.74) is 6.35. The Morgan fingerprint density at radius 1 is 1.18 bits per heavy atom. The van der Waals surface area contributed by atoms with E-state index >= 15 is 0 Å². The maximum absolute atomic E-state index is 2.50. The summed E-state index contributed by atoms with van der Waals surface area (Å²) in [5.74, 6) is 0.709. The SMILES string of the molecule is CCCCC1C=Cc2cc3c(cc21)CCC3.[Hf]. The van der Waals surface area contributed by atoms with Crippen LogP contribution >= 0.6 is 0 Å². The first-order chi connectivity index (χ1) is 7.88. The number of hydrogen-bond donors (Lipinski definition) is 0.